The Hall–Kier alpha value is -7.12. The minimum atomic E-state index is 0. The van der Waals surface area contributed by atoms with Gasteiger partial charge in [-0.2, -0.15) is 0 Å². The van der Waals surface area contributed by atoms with Crippen molar-refractivity contribution in [3.8, 4) is 0 Å². The number of hydrogen-bond acceptors (Lipinski definition) is 23. The van der Waals surface area contributed by atoms with Crippen LogP contribution in [0.25, 0.3) is 0 Å². The van der Waals surface area contributed by atoms with E-state index in [-0.39, 0.29) is 223 Å². The Morgan fingerprint density at radius 1 is 0.348 bits per heavy atom. The Labute approximate surface area is 930 Å². The summed E-state index contributed by atoms with van der Waals surface area (Å²) in [5.41, 5.74) is 28.4. The number of benzene rings is 6. The van der Waals surface area contributed by atoms with Crippen LogP contribution in [0.1, 0.15) is 67.7 Å². The zero-order chi connectivity index (χ0) is 90.0. The Morgan fingerprint density at radius 3 is 1.05 bits per heavy atom. The van der Waals surface area contributed by atoms with Crippen LogP contribution in [0.15, 0.2) is 323 Å². The number of azo groups is 6. The van der Waals surface area contributed by atoms with Crippen LogP contribution in [0.2, 0.25) is 0 Å². The van der Waals surface area contributed by atoms with E-state index in [9.17, 15) is 0 Å². The maximum Gasteiger partial charge on any atom is 0.350 e. The van der Waals surface area contributed by atoms with Gasteiger partial charge in [-0.1, -0.05) is 50.1 Å². The van der Waals surface area contributed by atoms with E-state index in [0.717, 1.165) is 98.2 Å². The maximum atomic E-state index is 9.06. The summed E-state index contributed by atoms with van der Waals surface area (Å²) in [5, 5.41) is 87.6. The van der Waals surface area contributed by atoms with Gasteiger partial charge in [0.15, 0.2) is 0 Å². The molecule has 8 N–H and O–H groups in total. The summed E-state index contributed by atoms with van der Waals surface area (Å²) in [7, 11) is 17.8. The molecule has 2 aliphatic heterocycles. The normalized spacial score (nSPS) is 11.5. The van der Waals surface area contributed by atoms with E-state index < -0.39 is 0 Å². The molecule has 2 aliphatic rings. The fourth-order valence-corrected chi connectivity index (χ4v) is 13.4. The van der Waals surface area contributed by atoms with Gasteiger partial charge in [0.25, 0.3) is 0 Å². The average Bonchev–Trinajstić information content (AvgIpc) is 0.775. The molecular weight excluding hydrogens is 2110 g/mol. The van der Waals surface area contributed by atoms with Gasteiger partial charge in [0.05, 0.1) is 142 Å². The molecule has 14 rings (SSSR count). The topological polar surface area (TPSA) is 321 Å². The third kappa shape index (κ3) is 40.3. The molecule has 132 heavy (non-hydrogen) atoms. The van der Waals surface area contributed by atoms with Crippen LogP contribution < -0.4 is 63.4 Å². The van der Waals surface area contributed by atoms with Crippen molar-refractivity contribution in [3.63, 3.8) is 0 Å². The van der Waals surface area contributed by atoms with E-state index in [2.05, 4.69) is 118 Å². The molecule has 0 saturated heterocycles. The van der Waals surface area contributed by atoms with Gasteiger partial charge in [-0.05, 0) is 263 Å². The predicted molar refractivity (Wildman–Crippen MR) is 501 cm³/mol. The molecule has 0 fully saturated rings. The number of nitrogens with two attached hydrogens (primary N) is 2. The summed E-state index contributed by atoms with van der Waals surface area (Å²) in [4.78, 5) is 10.5. The number of rotatable bonds is 29. The molecule has 0 atom stereocenters. The van der Waals surface area contributed by atoms with Crippen LogP contribution in [0.5, 0.6) is 0 Å². The van der Waals surface area contributed by atoms with Crippen molar-refractivity contribution in [1.82, 2.24) is 0 Å². The Balaban J connectivity index is 0.000000405. The molecule has 674 valence electrons. The summed E-state index contributed by atoms with van der Waals surface area (Å²) in [6.45, 7) is 11.7. The second kappa shape index (κ2) is 65.6. The summed E-state index contributed by atoms with van der Waals surface area (Å²) >= 11 is 0. The first-order valence-corrected chi connectivity index (χ1v) is 42.6. The van der Waals surface area contributed by atoms with E-state index in [1.54, 1.807) is 6.07 Å². The summed E-state index contributed by atoms with van der Waals surface area (Å²) < 4.78 is 11.8. The van der Waals surface area contributed by atoms with E-state index >= 15 is 0 Å². The van der Waals surface area contributed by atoms with E-state index in [4.69, 9.17) is 31.9 Å². The van der Waals surface area contributed by atoms with Gasteiger partial charge in [-0.3, -0.25) is 0 Å². The van der Waals surface area contributed by atoms with Gasteiger partial charge in [-0.25, -0.2) is 27.4 Å². The number of aliphatic hydroxyl groups is 4. The molecular formula is C97H125N25O4Y6+6. The smallest absolute Gasteiger partial charge is 0.350 e. The molecule has 0 saturated carbocycles. The number of nitrogens with zero attached hydrogens (tertiary/aromatic N) is 23. The first kappa shape index (κ1) is 119. The number of aryl methyl sites for hydroxylation is 10. The average molecular weight is 2240 g/mol. The fourth-order valence-electron chi connectivity index (χ4n) is 13.4. The molecule has 0 spiro atoms. The first-order chi connectivity index (χ1) is 61.1. The van der Waals surface area contributed by atoms with Gasteiger partial charge < -0.3 is 56.4 Å². The Bertz CT molecular complexity index is 5410. The summed E-state index contributed by atoms with van der Waals surface area (Å²) in [5.74, 6) is 4.91. The minimum absolute atomic E-state index is 0. The number of aromatic nitrogens is 6. The van der Waals surface area contributed by atoms with Gasteiger partial charge >= 0.3 is 34.9 Å². The molecule has 0 bridgehead atoms. The zero-order valence-corrected chi connectivity index (χ0v) is 95.5. The largest absolute Gasteiger partial charge is 0.398 e. The molecule has 0 amide bonds. The van der Waals surface area contributed by atoms with Crippen molar-refractivity contribution < 1.29 is 244 Å². The fraction of sp³-hybridized carbons (Fsp3) is 0.320. The van der Waals surface area contributed by atoms with Gasteiger partial charge in [0, 0.05) is 334 Å². The number of anilines is 7. The molecule has 12 aromatic rings. The first-order valence-electron chi connectivity index (χ1n) is 42.6. The van der Waals surface area contributed by atoms with E-state index in [1.807, 2.05) is 335 Å². The number of unbranched alkanes of at least 4 members (excludes halogenated alkanes) is 3. The van der Waals surface area contributed by atoms with Crippen LogP contribution in [0, 0.1) is 13.8 Å². The molecule has 6 radical (unpaired) electrons. The third-order valence-electron chi connectivity index (χ3n) is 20.5. The van der Waals surface area contributed by atoms with Gasteiger partial charge in [0.2, 0.25) is 0 Å². The molecule has 35 heteroatoms. The second-order valence-electron chi connectivity index (χ2n) is 30.7. The number of pyridine rings is 6. The standard InChI is InChI=1S/C19H27N4.C18H21N4.2C16H21N4O2.C14H17N5.C14H17N4.6Y/c1-4-5-6-8-15-23-16-9-7-10-19(23)21-20-17-11-13-18(14-12-17)22(2)3;1-21-9-3-2-8-17(21)20-19-16-12-14-6-4-10-22-11-5-7-15(13-16)18(14)22;2*1-19-9-3-2-4-16(19)18-17-14-5-7-15(8-6-14)20(10-12-21)11-13-22;1-9-4-5-14(19(3)8-9)18-17-13-6-10(2)11(15)7-12(13)16;1-17(2)13-9-7-12(8-10-13)15-16-14-6-4-5-11-18(14)3;;;;;;/h7,9-14,16H,4-6,8,15H2,1-3H3;2-3,8-9,12-13H,4-7,10-11H2,1H3;2*2-9,21-22H,10-13H2,1H3;4-8H,1-3H3,(H3,15,16);4-11H,1-3H3;;;;;;/q4*+1;;+1;;;;;;/p+1. The van der Waals surface area contributed by atoms with Crippen LogP contribution in [0.4, 0.5) is 109 Å². The van der Waals surface area contributed by atoms with Crippen molar-refractivity contribution in [1.29, 1.82) is 0 Å². The van der Waals surface area contributed by atoms with E-state index in [1.165, 1.54) is 86.8 Å². The molecule has 6 aromatic carbocycles. The van der Waals surface area contributed by atoms with Crippen LogP contribution in [-0.2, 0) is 251 Å². The zero-order valence-electron chi connectivity index (χ0n) is 78.5. The van der Waals surface area contributed by atoms with Crippen LogP contribution in [-0.4, -0.2) is 114 Å². The van der Waals surface area contributed by atoms with Gasteiger partial charge in [0.1, 0.15) is 34.1 Å². The van der Waals surface area contributed by atoms with E-state index in [0.29, 0.717) is 43.2 Å². The van der Waals surface area contributed by atoms with Crippen molar-refractivity contribution in [3.05, 3.63) is 284 Å². The van der Waals surface area contributed by atoms with Crippen LogP contribution in [0.3, 0.4) is 0 Å². The number of nitrogen functional groups attached to an aromatic ring is 2. The van der Waals surface area contributed by atoms with Crippen molar-refractivity contribution in [2.45, 2.75) is 78.7 Å². The summed E-state index contributed by atoms with van der Waals surface area (Å²) in [6, 6.07) is 72.4. The predicted octanol–water partition coefficient (Wildman–Crippen LogP) is 17.8. The van der Waals surface area contributed by atoms with Crippen molar-refractivity contribution in [2.24, 2.45) is 96.6 Å². The maximum absolute atomic E-state index is 9.06. The SMILES string of the molecule is CCCCCC[n+]1ccccc1N=Nc1ccc(N(C)C)cc1.CN(C)c1ccc(N=Nc2cccc[n+]2C)cc1.C[n+]1ccccc1N=Nc1cc2c3c(c1)CCCN3CCC2.C[n+]1ccccc1N=Nc1ccc(N(CCO)CCO)cc1.C[n+]1ccccc1N=Nc1ccc(N(CCO)CCO)cc1.Cc1ccc(N=Nc2cc(C)c(N)cc2N)[n+](C)c1.[Y].[Y].[Y].[Y].[Y].[Y]. The van der Waals surface area contributed by atoms with Gasteiger partial charge in [-0.15, -0.1) is 0 Å². The molecule has 8 heterocycles. The van der Waals surface area contributed by atoms with Crippen molar-refractivity contribution in [2.75, 3.05) is 130 Å². The monoisotopic (exact) mass is 2240 g/mol. The van der Waals surface area contributed by atoms with Crippen LogP contribution >= 0.6 is 0 Å². The van der Waals surface area contributed by atoms with Crippen molar-refractivity contribution >= 4 is 109 Å². The third-order valence-corrected chi connectivity index (χ3v) is 20.5. The number of hydrogen-bond donors (Lipinski definition) is 6. The second-order valence-corrected chi connectivity index (χ2v) is 30.7. The Kier molecular flexibility index (Phi) is 59.2. The Morgan fingerprint density at radius 2 is 0.689 bits per heavy atom. The molecule has 0 unspecified atom stereocenters. The minimum Gasteiger partial charge on any atom is -0.398 e. The molecule has 29 nitrogen and oxygen atoms in total. The molecule has 0 aliphatic carbocycles. The summed E-state index contributed by atoms with van der Waals surface area (Å²) in [6.07, 6.45) is 21.7. The molecule has 6 aromatic heterocycles. The quantitative estimate of drug-likeness (QED) is 0.0111. The number of aliphatic hydroxyl groups excluding tert-OH is 4.